The molecule has 1 aliphatic carbocycles. The largest absolute Gasteiger partial charge is 0.351 e. The lowest BCUT2D eigenvalue weighted by Gasteiger charge is -2.28. The van der Waals surface area contributed by atoms with Gasteiger partial charge in [0.05, 0.1) is 17.3 Å². The van der Waals surface area contributed by atoms with E-state index in [9.17, 15) is 4.79 Å². The average Bonchev–Trinajstić information content (AvgIpc) is 3.00. The summed E-state index contributed by atoms with van der Waals surface area (Å²) in [6.45, 7) is 2.24. The first-order valence-electron chi connectivity index (χ1n) is 10.2. The number of aryl methyl sites for hydroxylation is 1. The van der Waals surface area contributed by atoms with Crippen LogP contribution in [0.1, 0.15) is 72.1 Å². The second kappa shape index (κ2) is 8.27. The van der Waals surface area contributed by atoms with Crippen molar-refractivity contribution in [3.63, 3.8) is 0 Å². The molecule has 2 N–H and O–H groups in total. The van der Waals surface area contributed by atoms with E-state index in [2.05, 4.69) is 41.8 Å². The first-order valence-corrected chi connectivity index (χ1v) is 10.6. The summed E-state index contributed by atoms with van der Waals surface area (Å²) < 4.78 is 0. The van der Waals surface area contributed by atoms with Crippen molar-refractivity contribution in [2.24, 2.45) is 0 Å². The van der Waals surface area contributed by atoms with Crippen molar-refractivity contribution in [1.29, 1.82) is 0 Å². The number of fused-ring (bicyclic) bond motifs is 2. The fourth-order valence-corrected chi connectivity index (χ4v) is 4.35. The molecule has 2 aliphatic rings. The van der Waals surface area contributed by atoms with Gasteiger partial charge >= 0.3 is 0 Å². The highest BCUT2D eigenvalue weighted by molar-refractivity contribution is 7.80. The SMILES string of the molecule is CCCCCCCc1ccc([C@H]2NC(=S)NC3=C2C(=O)c2ccccc23)cc1. The highest BCUT2D eigenvalue weighted by Crippen LogP contribution is 2.39. The van der Waals surface area contributed by atoms with Gasteiger partial charge in [-0.2, -0.15) is 0 Å². The van der Waals surface area contributed by atoms with Crippen LogP contribution in [0.3, 0.4) is 0 Å². The molecule has 2 aromatic rings. The molecule has 28 heavy (non-hydrogen) atoms. The molecule has 1 atom stereocenters. The second-order valence-corrected chi connectivity index (χ2v) is 8.01. The molecule has 4 heteroatoms. The number of hydrogen-bond acceptors (Lipinski definition) is 2. The molecule has 144 valence electrons. The number of hydrogen-bond donors (Lipinski definition) is 2. The summed E-state index contributed by atoms with van der Waals surface area (Å²) in [5.41, 5.74) is 5.75. The molecule has 0 unspecified atom stereocenters. The molecule has 0 bridgehead atoms. The van der Waals surface area contributed by atoms with E-state index in [4.69, 9.17) is 12.2 Å². The highest BCUT2D eigenvalue weighted by Gasteiger charge is 2.38. The molecule has 1 heterocycles. The Balaban J connectivity index is 1.53. The predicted molar refractivity (Wildman–Crippen MR) is 118 cm³/mol. The standard InChI is InChI=1S/C24H26N2OS/c1-2-3-4-5-6-9-16-12-14-17(15-13-16)21-20-22(26-24(28)25-21)18-10-7-8-11-19(18)23(20)27/h7-8,10-15,21H,2-6,9H2,1H3,(H2,25,26,28)/t21-/m1/s1. The maximum absolute atomic E-state index is 13.0. The van der Waals surface area contributed by atoms with Gasteiger partial charge < -0.3 is 10.6 Å². The van der Waals surface area contributed by atoms with Crippen LogP contribution in [0.25, 0.3) is 5.70 Å². The molecule has 0 spiro atoms. The quantitative estimate of drug-likeness (QED) is 0.495. The van der Waals surface area contributed by atoms with E-state index in [0.29, 0.717) is 5.11 Å². The van der Waals surface area contributed by atoms with Crippen LogP contribution in [0.15, 0.2) is 54.1 Å². The van der Waals surface area contributed by atoms with Crippen LogP contribution in [0.5, 0.6) is 0 Å². The maximum Gasteiger partial charge on any atom is 0.194 e. The van der Waals surface area contributed by atoms with Crippen LogP contribution in [0, 0.1) is 0 Å². The number of ketones is 1. The van der Waals surface area contributed by atoms with Gasteiger partial charge in [-0.25, -0.2) is 0 Å². The van der Waals surface area contributed by atoms with Crippen molar-refractivity contribution in [2.75, 3.05) is 0 Å². The average molecular weight is 391 g/mol. The molecule has 2 aromatic carbocycles. The minimum atomic E-state index is -0.206. The van der Waals surface area contributed by atoms with Crippen molar-refractivity contribution < 1.29 is 4.79 Å². The summed E-state index contributed by atoms with van der Waals surface area (Å²) in [4.78, 5) is 13.0. The molecule has 3 nitrogen and oxygen atoms in total. The van der Waals surface area contributed by atoms with E-state index >= 15 is 0 Å². The van der Waals surface area contributed by atoms with Crippen LogP contribution in [0.4, 0.5) is 0 Å². The van der Waals surface area contributed by atoms with Crippen molar-refractivity contribution in [3.05, 3.63) is 76.4 Å². The third kappa shape index (κ3) is 3.61. The van der Waals surface area contributed by atoms with Gasteiger partial charge in [-0.05, 0) is 36.2 Å². The molecular formula is C24H26N2OS. The molecule has 0 fully saturated rings. The number of Topliss-reactive ketones (excluding diaryl/α,β-unsaturated/α-hetero) is 1. The Bertz CT molecular complexity index is 930. The fourth-order valence-electron chi connectivity index (χ4n) is 4.13. The van der Waals surface area contributed by atoms with Crippen molar-refractivity contribution >= 4 is 28.8 Å². The number of benzene rings is 2. The monoisotopic (exact) mass is 390 g/mol. The van der Waals surface area contributed by atoms with Crippen LogP contribution < -0.4 is 10.6 Å². The van der Waals surface area contributed by atoms with Gasteiger partial charge in [0.2, 0.25) is 0 Å². The van der Waals surface area contributed by atoms with Crippen molar-refractivity contribution in [3.8, 4) is 0 Å². The topological polar surface area (TPSA) is 41.1 Å². The van der Waals surface area contributed by atoms with Crippen molar-refractivity contribution in [1.82, 2.24) is 10.6 Å². The smallest absolute Gasteiger partial charge is 0.194 e. The van der Waals surface area contributed by atoms with E-state index in [-0.39, 0.29) is 11.8 Å². The Morgan fingerprint density at radius 3 is 2.39 bits per heavy atom. The van der Waals surface area contributed by atoms with Gasteiger partial charge in [0, 0.05) is 11.1 Å². The Labute approximate surface area is 172 Å². The highest BCUT2D eigenvalue weighted by atomic mass is 32.1. The Morgan fingerprint density at radius 2 is 1.64 bits per heavy atom. The minimum absolute atomic E-state index is 0.0816. The van der Waals surface area contributed by atoms with Gasteiger partial charge in [-0.1, -0.05) is 81.1 Å². The summed E-state index contributed by atoms with van der Waals surface area (Å²) in [6.07, 6.45) is 7.57. The summed E-state index contributed by atoms with van der Waals surface area (Å²) in [5, 5.41) is 7.06. The van der Waals surface area contributed by atoms with Gasteiger partial charge in [0.25, 0.3) is 0 Å². The van der Waals surface area contributed by atoms with E-state index in [1.54, 1.807) is 0 Å². The van der Waals surface area contributed by atoms with Crippen LogP contribution in [0.2, 0.25) is 0 Å². The molecule has 0 radical (unpaired) electrons. The molecule has 0 saturated carbocycles. The molecule has 0 amide bonds. The zero-order valence-electron chi connectivity index (χ0n) is 16.3. The van der Waals surface area contributed by atoms with Gasteiger partial charge in [0.15, 0.2) is 10.9 Å². The molecule has 0 aromatic heterocycles. The summed E-state index contributed by atoms with van der Waals surface area (Å²) in [5.74, 6) is 0.0816. The molecular weight excluding hydrogens is 364 g/mol. The lowest BCUT2D eigenvalue weighted by atomic mass is 9.93. The summed E-state index contributed by atoms with van der Waals surface area (Å²) in [6, 6.07) is 16.2. The Morgan fingerprint density at radius 1 is 0.929 bits per heavy atom. The maximum atomic E-state index is 13.0. The first-order chi connectivity index (χ1) is 13.7. The second-order valence-electron chi connectivity index (χ2n) is 7.60. The van der Waals surface area contributed by atoms with E-state index in [1.807, 2.05) is 24.3 Å². The summed E-state index contributed by atoms with van der Waals surface area (Å²) >= 11 is 5.42. The third-order valence-corrected chi connectivity index (χ3v) is 5.86. The Kier molecular flexibility index (Phi) is 5.58. The van der Waals surface area contributed by atoms with Crippen LogP contribution >= 0.6 is 12.2 Å². The van der Waals surface area contributed by atoms with Gasteiger partial charge in [-0.15, -0.1) is 0 Å². The van der Waals surface area contributed by atoms with E-state index in [0.717, 1.165) is 34.4 Å². The van der Waals surface area contributed by atoms with E-state index in [1.165, 1.54) is 37.7 Å². The number of thiocarbonyl (C=S) groups is 1. The fraction of sp³-hybridized carbons (Fsp3) is 0.333. The van der Waals surface area contributed by atoms with Crippen molar-refractivity contribution in [2.45, 2.75) is 51.5 Å². The van der Waals surface area contributed by atoms with Gasteiger partial charge in [0.1, 0.15) is 0 Å². The Hall–Kier alpha value is -2.46. The predicted octanol–water partition coefficient (Wildman–Crippen LogP) is 5.33. The zero-order chi connectivity index (χ0) is 19.5. The number of carbonyl (C=O) groups excluding carboxylic acids is 1. The normalized spacial score (nSPS) is 17.8. The number of rotatable bonds is 7. The first kappa shape index (κ1) is 18.9. The van der Waals surface area contributed by atoms with Gasteiger partial charge in [-0.3, -0.25) is 4.79 Å². The molecule has 4 rings (SSSR count). The number of nitrogens with one attached hydrogen (secondary N) is 2. The van der Waals surface area contributed by atoms with Crippen LogP contribution in [-0.2, 0) is 6.42 Å². The zero-order valence-corrected chi connectivity index (χ0v) is 17.1. The summed E-state index contributed by atoms with van der Waals surface area (Å²) in [7, 11) is 0. The number of carbonyl (C=O) groups is 1. The van der Waals surface area contributed by atoms with Crippen LogP contribution in [-0.4, -0.2) is 10.9 Å². The molecule has 0 saturated heterocycles. The minimum Gasteiger partial charge on any atom is -0.351 e. The number of unbranched alkanes of at least 4 members (excludes halogenated alkanes) is 4. The third-order valence-electron chi connectivity index (χ3n) is 5.64. The lowest BCUT2D eigenvalue weighted by molar-refractivity contribution is 0.103. The lowest BCUT2D eigenvalue weighted by Crippen LogP contribution is -2.43. The molecule has 1 aliphatic heterocycles. The van der Waals surface area contributed by atoms with E-state index < -0.39 is 0 Å².